The smallest absolute Gasteiger partial charge is 0.194 e. The zero-order valence-corrected chi connectivity index (χ0v) is 9.54. The van der Waals surface area contributed by atoms with Crippen LogP contribution in [0.5, 0.6) is 0 Å². The van der Waals surface area contributed by atoms with Crippen molar-refractivity contribution in [2.24, 2.45) is 10.7 Å². The van der Waals surface area contributed by atoms with Crippen molar-refractivity contribution in [2.45, 2.75) is 6.04 Å². The highest BCUT2D eigenvalue weighted by atomic mass is 19.2. The highest BCUT2D eigenvalue weighted by molar-refractivity contribution is 5.80. The van der Waals surface area contributed by atoms with Gasteiger partial charge in [0.15, 0.2) is 23.4 Å². The van der Waals surface area contributed by atoms with Crippen LogP contribution in [0.3, 0.4) is 0 Å². The Kier molecular flexibility index (Phi) is 3.27. The van der Waals surface area contributed by atoms with E-state index >= 15 is 0 Å². The van der Waals surface area contributed by atoms with Crippen molar-refractivity contribution < 1.29 is 13.2 Å². The van der Waals surface area contributed by atoms with Gasteiger partial charge < -0.3 is 10.6 Å². The Labute approximate surface area is 102 Å². The summed E-state index contributed by atoms with van der Waals surface area (Å²) in [6.07, 6.45) is 1.61. The fourth-order valence-corrected chi connectivity index (χ4v) is 1.94. The van der Waals surface area contributed by atoms with E-state index in [1.807, 2.05) is 0 Å². The third kappa shape index (κ3) is 2.05. The molecule has 0 saturated carbocycles. The molecule has 1 atom stereocenters. The Morgan fingerprint density at radius 1 is 1.39 bits per heavy atom. The molecule has 1 aliphatic rings. The van der Waals surface area contributed by atoms with Gasteiger partial charge in [0, 0.05) is 6.54 Å². The molecule has 1 heterocycles. The van der Waals surface area contributed by atoms with Crippen molar-refractivity contribution in [3.8, 4) is 0 Å². The predicted molar refractivity (Wildman–Crippen MR) is 62.4 cm³/mol. The van der Waals surface area contributed by atoms with E-state index in [2.05, 4.69) is 11.6 Å². The highest BCUT2D eigenvalue weighted by Crippen LogP contribution is 2.27. The fourth-order valence-electron chi connectivity index (χ4n) is 1.94. The van der Waals surface area contributed by atoms with Gasteiger partial charge in [-0.15, -0.1) is 6.58 Å². The molecular formula is C12H12F3N3. The van der Waals surface area contributed by atoms with Gasteiger partial charge in [0.05, 0.1) is 12.6 Å². The Hall–Kier alpha value is -1.98. The number of guanidine groups is 1. The minimum absolute atomic E-state index is 0.282. The number of aliphatic imine (C=N–C) groups is 1. The second-order valence-electron chi connectivity index (χ2n) is 3.95. The molecule has 1 aliphatic heterocycles. The number of hydrogen-bond donors (Lipinski definition) is 1. The Morgan fingerprint density at radius 3 is 2.56 bits per heavy atom. The van der Waals surface area contributed by atoms with E-state index in [-0.39, 0.29) is 12.5 Å². The summed E-state index contributed by atoms with van der Waals surface area (Å²) in [5.41, 5.74) is 5.97. The topological polar surface area (TPSA) is 41.6 Å². The first kappa shape index (κ1) is 12.5. The van der Waals surface area contributed by atoms with Crippen LogP contribution in [-0.4, -0.2) is 23.9 Å². The lowest BCUT2D eigenvalue weighted by molar-refractivity contribution is 0.373. The van der Waals surface area contributed by atoms with Gasteiger partial charge in [-0.25, -0.2) is 13.2 Å². The molecule has 0 aliphatic carbocycles. The van der Waals surface area contributed by atoms with Crippen LogP contribution in [0.15, 0.2) is 29.8 Å². The molecular weight excluding hydrogens is 243 g/mol. The highest BCUT2D eigenvalue weighted by Gasteiger charge is 2.28. The van der Waals surface area contributed by atoms with Crippen LogP contribution in [0.25, 0.3) is 0 Å². The number of rotatable bonds is 3. The van der Waals surface area contributed by atoms with E-state index < -0.39 is 23.5 Å². The van der Waals surface area contributed by atoms with Crippen molar-refractivity contribution in [3.05, 3.63) is 47.8 Å². The molecule has 2 N–H and O–H groups in total. The van der Waals surface area contributed by atoms with Crippen molar-refractivity contribution in [2.75, 3.05) is 13.1 Å². The van der Waals surface area contributed by atoms with Crippen LogP contribution in [0.1, 0.15) is 11.6 Å². The molecule has 18 heavy (non-hydrogen) atoms. The molecule has 1 aromatic rings. The third-order valence-electron chi connectivity index (χ3n) is 2.81. The second kappa shape index (κ2) is 4.72. The van der Waals surface area contributed by atoms with Gasteiger partial charge in [0.25, 0.3) is 0 Å². The fraction of sp³-hybridized carbons (Fsp3) is 0.250. The van der Waals surface area contributed by atoms with Crippen LogP contribution >= 0.6 is 0 Å². The van der Waals surface area contributed by atoms with Gasteiger partial charge in [-0.05, 0) is 17.7 Å². The van der Waals surface area contributed by atoms with Gasteiger partial charge >= 0.3 is 0 Å². The number of halogens is 3. The van der Waals surface area contributed by atoms with Crippen LogP contribution in [0.2, 0.25) is 0 Å². The third-order valence-corrected chi connectivity index (χ3v) is 2.81. The van der Waals surface area contributed by atoms with Crippen LogP contribution in [-0.2, 0) is 0 Å². The quantitative estimate of drug-likeness (QED) is 0.662. The van der Waals surface area contributed by atoms with E-state index in [0.717, 1.165) is 12.1 Å². The van der Waals surface area contributed by atoms with Gasteiger partial charge in [-0.1, -0.05) is 6.08 Å². The van der Waals surface area contributed by atoms with Crippen molar-refractivity contribution in [1.82, 2.24) is 4.90 Å². The Morgan fingerprint density at radius 2 is 2.00 bits per heavy atom. The molecule has 6 heteroatoms. The molecule has 0 aromatic heterocycles. The maximum atomic E-state index is 13.2. The van der Waals surface area contributed by atoms with E-state index in [1.165, 1.54) is 0 Å². The molecule has 0 bridgehead atoms. The summed E-state index contributed by atoms with van der Waals surface area (Å²) in [7, 11) is 0. The lowest BCUT2D eigenvalue weighted by Crippen LogP contribution is -2.36. The summed E-state index contributed by atoms with van der Waals surface area (Å²) >= 11 is 0. The molecule has 0 spiro atoms. The number of benzene rings is 1. The summed E-state index contributed by atoms with van der Waals surface area (Å²) in [4.78, 5) is 5.66. The first-order chi connectivity index (χ1) is 8.54. The molecule has 0 saturated heterocycles. The van der Waals surface area contributed by atoms with Crippen molar-refractivity contribution >= 4 is 5.96 Å². The zero-order valence-electron chi connectivity index (χ0n) is 9.54. The summed E-state index contributed by atoms with van der Waals surface area (Å²) in [6.45, 7) is 4.26. The number of nitrogens with two attached hydrogens (primary N) is 1. The van der Waals surface area contributed by atoms with E-state index in [0.29, 0.717) is 12.1 Å². The summed E-state index contributed by atoms with van der Waals surface area (Å²) in [6, 6.07) is 1.54. The predicted octanol–water partition coefficient (Wildman–Crippen LogP) is 1.96. The van der Waals surface area contributed by atoms with Gasteiger partial charge in [-0.3, -0.25) is 4.99 Å². The lowest BCUT2D eigenvalue weighted by Gasteiger charge is -2.25. The minimum Gasteiger partial charge on any atom is -0.370 e. The average Bonchev–Trinajstić information content (AvgIpc) is 2.68. The summed E-state index contributed by atoms with van der Waals surface area (Å²) in [5, 5.41) is 0. The number of hydrogen-bond acceptors (Lipinski definition) is 3. The maximum absolute atomic E-state index is 13.2. The standard InChI is InChI=1S/C12H12F3N3/c1-2-3-18-10(6-17-12(18)16)7-4-8(13)11(15)9(14)5-7/h2,4-5,10H,1,3,6H2,(H2,16,17). The largest absolute Gasteiger partial charge is 0.370 e. The normalized spacial score (nSPS) is 18.9. The molecule has 1 unspecified atom stereocenters. The second-order valence-corrected chi connectivity index (χ2v) is 3.95. The Balaban J connectivity index is 2.35. The van der Waals surface area contributed by atoms with E-state index in [9.17, 15) is 13.2 Å². The Bertz CT molecular complexity index is 490. The zero-order chi connectivity index (χ0) is 13.3. The molecule has 2 rings (SSSR count). The monoisotopic (exact) mass is 255 g/mol. The molecule has 0 amide bonds. The summed E-state index contributed by atoms with van der Waals surface area (Å²) in [5.74, 6) is -3.62. The van der Waals surface area contributed by atoms with E-state index in [4.69, 9.17) is 5.73 Å². The lowest BCUT2D eigenvalue weighted by atomic mass is 10.1. The SMILES string of the molecule is C=CCN1C(N)=NCC1c1cc(F)c(F)c(F)c1. The average molecular weight is 255 g/mol. The van der Waals surface area contributed by atoms with Gasteiger partial charge in [0.2, 0.25) is 0 Å². The van der Waals surface area contributed by atoms with Crippen LogP contribution < -0.4 is 5.73 Å². The van der Waals surface area contributed by atoms with Crippen molar-refractivity contribution in [1.29, 1.82) is 0 Å². The first-order valence-corrected chi connectivity index (χ1v) is 5.36. The van der Waals surface area contributed by atoms with Gasteiger partial charge in [-0.2, -0.15) is 0 Å². The first-order valence-electron chi connectivity index (χ1n) is 5.36. The van der Waals surface area contributed by atoms with Crippen molar-refractivity contribution in [3.63, 3.8) is 0 Å². The molecule has 1 aromatic carbocycles. The maximum Gasteiger partial charge on any atom is 0.194 e. The summed E-state index contributed by atoms with van der Waals surface area (Å²) < 4.78 is 39.2. The van der Waals surface area contributed by atoms with E-state index in [1.54, 1.807) is 11.0 Å². The van der Waals surface area contributed by atoms with Crippen LogP contribution in [0, 0.1) is 17.5 Å². The molecule has 0 radical (unpaired) electrons. The van der Waals surface area contributed by atoms with Crippen LogP contribution in [0.4, 0.5) is 13.2 Å². The number of nitrogens with zero attached hydrogens (tertiary/aromatic N) is 2. The molecule has 0 fully saturated rings. The minimum atomic E-state index is -1.47. The molecule has 96 valence electrons. The molecule has 3 nitrogen and oxygen atoms in total. The van der Waals surface area contributed by atoms with Gasteiger partial charge in [0.1, 0.15) is 0 Å².